The Morgan fingerprint density at radius 2 is 2.11 bits per heavy atom. The molecular weight excluding hydrogens is 397 g/mol. The molecule has 0 aromatic carbocycles. The Morgan fingerprint density at radius 1 is 1.26 bits per heavy atom. The smallest absolute Gasteiger partial charge is 0.351 e. The molecule has 140 valence electrons. The number of aromatic amines is 1. The third kappa shape index (κ3) is 5.51. The van der Waals surface area contributed by atoms with Gasteiger partial charge in [-0.25, -0.2) is 15.0 Å². The van der Waals surface area contributed by atoms with Crippen LogP contribution in [0.2, 0.25) is 0 Å². The fourth-order valence-electron chi connectivity index (χ4n) is 2.11. The number of carbonyl (C=O) groups excluding carboxylic acids is 1. The third-order valence-electron chi connectivity index (χ3n) is 3.36. The molecule has 27 heavy (non-hydrogen) atoms. The van der Waals surface area contributed by atoms with Crippen LogP contribution in [0.5, 0.6) is 0 Å². The number of thioether (sulfide) groups is 1. The van der Waals surface area contributed by atoms with Gasteiger partial charge in [-0.1, -0.05) is 17.8 Å². The summed E-state index contributed by atoms with van der Waals surface area (Å²) in [4.78, 5) is 23.2. The summed E-state index contributed by atoms with van der Waals surface area (Å²) >= 11 is 2.15. The number of aromatic nitrogens is 3. The third-order valence-corrected chi connectivity index (χ3v) is 5.10. The summed E-state index contributed by atoms with van der Waals surface area (Å²) in [5.74, 6) is -0.399. The average Bonchev–Trinajstić information content (AvgIpc) is 3.19. The molecule has 2 N–H and O–H groups in total. The van der Waals surface area contributed by atoms with Gasteiger partial charge in [-0.15, -0.1) is 11.3 Å². The molecule has 1 amide bonds. The number of nitrogens with zero attached hydrogens (tertiary/aromatic N) is 2. The summed E-state index contributed by atoms with van der Waals surface area (Å²) in [5.41, 5.74) is 0.0461. The van der Waals surface area contributed by atoms with Crippen LogP contribution in [0.25, 0.3) is 10.6 Å². The highest BCUT2D eigenvalue weighted by atomic mass is 32.2. The molecule has 0 aliphatic carbocycles. The van der Waals surface area contributed by atoms with Crippen molar-refractivity contribution in [2.45, 2.75) is 17.9 Å². The summed E-state index contributed by atoms with van der Waals surface area (Å²) in [6.07, 6.45) is -1.09. The molecular formula is C17H14F3N4OS2+. The maximum absolute atomic E-state index is 13.1. The zero-order chi connectivity index (χ0) is 19.3. The molecule has 10 heteroatoms. The molecule has 3 aromatic rings. The molecule has 0 bridgehead atoms. The van der Waals surface area contributed by atoms with E-state index >= 15 is 0 Å². The van der Waals surface area contributed by atoms with Crippen molar-refractivity contribution in [1.82, 2.24) is 15.3 Å². The largest absolute Gasteiger partial charge is 0.433 e. The molecule has 0 aliphatic heterocycles. The molecule has 0 spiro atoms. The average molecular weight is 411 g/mol. The minimum absolute atomic E-state index is 0.0816. The van der Waals surface area contributed by atoms with Crippen LogP contribution in [0.15, 0.2) is 53.3 Å². The van der Waals surface area contributed by atoms with Crippen LogP contribution >= 0.6 is 23.1 Å². The predicted molar refractivity (Wildman–Crippen MR) is 95.9 cm³/mol. The lowest BCUT2D eigenvalue weighted by atomic mass is 10.3. The van der Waals surface area contributed by atoms with Gasteiger partial charge in [0.2, 0.25) is 5.91 Å². The Hall–Kier alpha value is -2.46. The number of nitrogens with one attached hydrogen (secondary N) is 2. The number of amides is 1. The lowest BCUT2D eigenvalue weighted by Crippen LogP contribution is -2.25. The maximum atomic E-state index is 13.1. The van der Waals surface area contributed by atoms with Crippen LogP contribution in [-0.2, 0) is 17.5 Å². The Balaban J connectivity index is 1.68. The standard InChI is InChI=1S/C17H13F3N4OS2/c18-17(19,20)14-7-12(13-4-2-6-26-13)23-16(24-14)27-10-15(25)22-9-11-3-1-5-21-8-11/h1-8H,9-10H2,(H,22,25)/p+1. The Morgan fingerprint density at radius 3 is 2.78 bits per heavy atom. The first-order valence-corrected chi connectivity index (χ1v) is 9.63. The van der Waals surface area contributed by atoms with Crippen LogP contribution in [-0.4, -0.2) is 21.6 Å². The number of halogens is 3. The highest BCUT2D eigenvalue weighted by molar-refractivity contribution is 7.99. The number of carbonyl (C=O) groups is 1. The lowest BCUT2D eigenvalue weighted by Gasteiger charge is -2.09. The first-order chi connectivity index (χ1) is 12.9. The fraction of sp³-hybridized carbons (Fsp3) is 0.176. The van der Waals surface area contributed by atoms with Crippen molar-refractivity contribution < 1.29 is 22.9 Å². The van der Waals surface area contributed by atoms with Gasteiger partial charge < -0.3 is 5.32 Å². The van der Waals surface area contributed by atoms with E-state index in [1.54, 1.807) is 36.0 Å². The van der Waals surface area contributed by atoms with Crippen molar-refractivity contribution in [3.63, 3.8) is 0 Å². The lowest BCUT2D eigenvalue weighted by molar-refractivity contribution is -0.378. The van der Waals surface area contributed by atoms with Crippen LogP contribution in [0.4, 0.5) is 13.2 Å². The van der Waals surface area contributed by atoms with Gasteiger partial charge in [0.15, 0.2) is 17.6 Å². The highest BCUT2D eigenvalue weighted by Crippen LogP contribution is 2.33. The minimum atomic E-state index is -4.59. The van der Waals surface area contributed by atoms with Gasteiger partial charge in [0, 0.05) is 18.2 Å². The van der Waals surface area contributed by atoms with Crippen molar-refractivity contribution >= 4 is 29.0 Å². The predicted octanol–water partition coefficient (Wildman–Crippen LogP) is 3.45. The van der Waals surface area contributed by atoms with Crippen molar-refractivity contribution in [3.8, 4) is 10.6 Å². The normalized spacial score (nSPS) is 11.4. The topological polar surface area (TPSA) is 69.0 Å². The van der Waals surface area contributed by atoms with Crippen molar-refractivity contribution in [2.75, 3.05) is 5.75 Å². The molecule has 0 atom stereocenters. The maximum Gasteiger partial charge on any atom is 0.433 e. The zero-order valence-electron chi connectivity index (χ0n) is 13.8. The molecule has 0 saturated carbocycles. The Kier molecular flexibility index (Phi) is 6.07. The number of alkyl halides is 3. The van der Waals surface area contributed by atoms with E-state index in [0.717, 1.165) is 23.4 Å². The Bertz CT molecular complexity index is 902. The molecule has 0 radical (unpaired) electrons. The van der Waals surface area contributed by atoms with Gasteiger partial charge in [-0.05, 0) is 23.6 Å². The molecule has 0 fully saturated rings. The van der Waals surface area contributed by atoms with Crippen LogP contribution in [0.3, 0.4) is 0 Å². The minimum Gasteiger partial charge on any atom is -0.351 e. The molecule has 3 aromatic heterocycles. The first kappa shape index (κ1) is 19.3. The number of H-pyrrole nitrogens is 1. The number of hydrogen-bond acceptors (Lipinski definition) is 5. The first-order valence-electron chi connectivity index (χ1n) is 7.76. The van der Waals surface area contributed by atoms with Gasteiger partial charge in [0.1, 0.15) is 5.69 Å². The van der Waals surface area contributed by atoms with E-state index in [-0.39, 0.29) is 22.5 Å². The SMILES string of the molecule is O=C(CSc1nc(-c2cccs2)cc(C(F)(F)F)n1)NCc1ccc[nH+]c1. The van der Waals surface area contributed by atoms with E-state index in [1.807, 2.05) is 6.07 Å². The summed E-state index contributed by atoms with van der Waals surface area (Å²) < 4.78 is 39.4. The number of hydrogen-bond donors (Lipinski definition) is 1. The zero-order valence-corrected chi connectivity index (χ0v) is 15.4. The number of thiophene rings is 1. The summed E-state index contributed by atoms with van der Waals surface area (Å²) in [6.45, 7) is 0.320. The fourth-order valence-corrected chi connectivity index (χ4v) is 3.48. The molecule has 0 aliphatic rings. The highest BCUT2D eigenvalue weighted by Gasteiger charge is 2.34. The van der Waals surface area contributed by atoms with Crippen LogP contribution < -0.4 is 10.3 Å². The van der Waals surface area contributed by atoms with Crippen molar-refractivity contribution in [1.29, 1.82) is 0 Å². The van der Waals surface area contributed by atoms with Crippen molar-refractivity contribution in [2.24, 2.45) is 0 Å². The van der Waals surface area contributed by atoms with E-state index in [2.05, 4.69) is 20.3 Å². The van der Waals surface area contributed by atoms with Crippen molar-refractivity contribution in [3.05, 3.63) is 59.4 Å². The van der Waals surface area contributed by atoms with Crippen LogP contribution in [0, 0.1) is 0 Å². The Labute approximate surface area is 161 Å². The van der Waals surface area contributed by atoms with Gasteiger partial charge in [-0.3, -0.25) is 4.79 Å². The second-order valence-corrected chi connectivity index (χ2v) is 7.26. The summed E-state index contributed by atoms with van der Waals surface area (Å²) in [5, 5.41) is 4.37. The number of rotatable bonds is 6. The molecule has 5 nitrogen and oxygen atoms in total. The second kappa shape index (κ2) is 8.49. The van der Waals surface area contributed by atoms with E-state index in [1.165, 1.54) is 11.3 Å². The van der Waals surface area contributed by atoms with E-state index < -0.39 is 11.9 Å². The molecule has 0 saturated heterocycles. The number of pyridine rings is 1. The molecule has 3 heterocycles. The van der Waals surface area contributed by atoms with Gasteiger partial charge in [-0.2, -0.15) is 13.2 Å². The molecule has 0 unspecified atom stereocenters. The van der Waals surface area contributed by atoms with E-state index in [4.69, 9.17) is 0 Å². The quantitative estimate of drug-likeness (QED) is 0.498. The van der Waals surface area contributed by atoms with Crippen LogP contribution in [0.1, 0.15) is 11.3 Å². The summed E-state index contributed by atoms with van der Waals surface area (Å²) in [7, 11) is 0. The van der Waals surface area contributed by atoms with Gasteiger partial charge >= 0.3 is 6.18 Å². The van der Waals surface area contributed by atoms with E-state index in [9.17, 15) is 18.0 Å². The second-order valence-electron chi connectivity index (χ2n) is 5.37. The van der Waals surface area contributed by atoms with E-state index in [0.29, 0.717) is 11.4 Å². The van der Waals surface area contributed by atoms with Gasteiger partial charge in [0.25, 0.3) is 0 Å². The molecule has 3 rings (SSSR count). The summed E-state index contributed by atoms with van der Waals surface area (Å²) in [6, 6.07) is 7.98. The van der Waals surface area contributed by atoms with Gasteiger partial charge in [0.05, 0.1) is 16.3 Å². The monoisotopic (exact) mass is 411 g/mol.